The minimum Gasteiger partial charge on any atom is -0.389 e. The molecule has 0 amide bonds. The number of nitrogens with zero attached hydrogens (tertiary/aromatic N) is 1. The smallest absolute Gasteiger partial charge is 0.0897 e. The van der Waals surface area contributed by atoms with Crippen LogP contribution in [0.5, 0.6) is 0 Å². The molecule has 0 rings (SSSR count). The summed E-state index contributed by atoms with van der Waals surface area (Å²) in [5, 5.41) is 13.0. The Morgan fingerprint density at radius 3 is 2.39 bits per heavy atom. The minimum atomic E-state index is -0.464. The molecule has 18 heavy (non-hydrogen) atoms. The molecule has 0 aliphatic carbocycles. The summed E-state index contributed by atoms with van der Waals surface area (Å²) in [6.45, 7) is 9.05. The third-order valence-corrected chi connectivity index (χ3v) is 2.33. The van der Waals surface area contributed by atoms with Gasteiger partial charge in [-0.1, -0.05) is 0 Å². The van der Waals surface area contributed by atoms with Crippen molar-refractivity contribution in [1.29, 1.82) is 0 Å². The quantitative estimate of drug-likeness (QED) is 0.526. The molecule has 0 aromatic carbocycles. The fraction of sp³-hybridized carbons (Fsp3) is 1.00. The zero-order chi connectivity index (χ0) is 14.0. The Morgan fingerprint density at radius 2 is 1.83 bits per heavy atom. The van der Waals surface area contributed by atoms with Crippen molar-refractivity contribution >= 4 is 0 Å². The zero-order valence-corrected chi connectivity index (χ0v) is 12.5. The molecule has 0 fully saturated rings. The van der Waals surface area contributed by atoms with Gasteiger partial charge in [0.2, 0.25) is 0 Å². The Labute approximate surface area is 111 Å². The molecule has 0 aromatic heterocycles. The summed E-state index contributed by atoms with van der Waals surface area (Å²) in [6.07, 6.45) is -0.235. The predicted octanol–water partition coefficient (Wildman–Crippen LogP) is 0.329. The van der Waals surface area contributed by atoms with Gasteiger partial charge in [-0.3, -0.25) is 0 Å². The van der Waals surface area contributed by atoms with Gasteiger partial charge in [0.15, 0.2) is 0 Å². The lowest BCUT2D eigenvalue weighted by Gasteiger charge is -2.20. The minimum absolute atomic E-state index is 0.229. The Bertz CT molecular complexity index is 189. The van der Waals surface area contributed by atoms with Gasteiger partial charge in [0.25, 0.3) is 0 Å². The highest BCUT2D eigenvalue weighted by atomic mass is 16.5. The van der Waals surface area contributed by atoms with Crippen LogP contribution >= 0.6 is 0 Å². The van der Waals surface area contributed by atoms with Crippen LogP contribution in [0, 0.1) is 0 Å². The molecule has 0 saturated heterocycles. The van der Waals surface area contributed by atoms with Gasteiger partial charge in [0, 0.05) is 19.1 Å². The van der Waals surface area contributed by atoms with Crippen LogP contribution in [0.15, 0.2) is 0 Å². The number of hydrogen-bond acceptors (Lipinski definition) is 5. The summed E-state index contributed by atoms with van der Waals surface area (Å²) in [7, 11) is 4.07. The van der Waals surface area contributed by atoms with Gasteiger partial charge >= 0.3 is 0 Å². The molecule has 0 aromatic rings. The van der Waals surface area contributed by atoms with Crippen molar-refractivity contribution in [3.63, 3.8) is 0 Å². The molecule has 0 spiro atoms. The molecular weight excluding hydrogens is 232 g/mol. The summed E-state index contributed by atoms with van der Waals surface area (Å²) in [5.41, 5.74) is 0. The van der Waals surface area contributed by atoms with Gasteiger partial charge in [-0.05, 0) is 34.9 Å². The van der Waals surface area contributed by atoms with Crippen LogP contribution in [0.25, 0.3) is 0 Å². The number of likely N-dealkylation sites (N-methyl/N-ethyl adjacent to an activating group) is 1. The molecule has 0 aliphatic heterocycles. The standard InChI is InChI=1S/C13H30N2O3/c1-11(2)18-7-6-17-10-13(16)8-14-12(3)9-15(4)5/h11-14,16H,6-10H2,1-5H3. The van der Waals surface area contributed by atoms with E-state index in [1.165, 1.54) is 0 Å². The first kappa shape index (κ1) is 17.8. The van der Waals surface area contributed by atoms with Crippen molar-refractivity contribution in [3.8, 4) is 0 Å². The van der Waals surface area contributed by atoms with Crippen LogP contribution in [0.2, 0.25) is 0 Å². The fourth-order valence-corrected chi connectivity index (χ4v) is 1.57. The highest BCUT2D eigenvalue weighted by molar-refractivity contribution is 4.66. The number of rotatable bonds is 11. The maximum absolute atomic E-state index is 9.70. The molecule has 2 unspecified atom stereocenters. The predicted molar refractivity (Wildman–Crippen MR) is 73.9 cm³/mol. The van der Waals surface area contributed by atoms with E-state index in [-0.39, 0.29) is 6.10 Å². The van der Waals surface area contributed by atoms with E-state index in [0.717, 1.165) is 6.54 Å². The normalized spacial score (nSPS) is 15.3. The number of ether oxygens (including phenoxy) is 2. The maximum Gasteiger partial charge on any atom is 0.0897 e. The first-order valence-corrected chi connectivity index (χ1v) is 6.67. The summed E-state index contributed by atoms with van der Waals surface area (Å²) in [5.74, 6) is 0. The van der Waals surface area contributed by atoms with Crippen molar-refractivity contribution in [2.75, 3.05) is 47.0 Å². The number of nitrogens with one attached hydrogen (secondary N) is 1. The molecule has 2 atom stereocenters. The van der Waals surface area contributed by atoms with Crippen molar-refractivity contribution in [3.05, 3.63) is 0 Å². The second-order valence-corrected chi connectivity index (χ2v) is 5.22. The molecule has 0 saturated carbocycles. The van der Waals surface area contributed by atoms with E-state index in [9.17, 15) is 5.11 Å². The Hall–Kier alpha value is -0.200. The molecule has 5 heteroatoms. The molecule has 5 nitrogen and oxygen atoms in total. The highest BCUT2D eigenvalue weighted by Gasteiger charge is 2.07. The molecule has 0 heterocycles. The Morgan fingerprint density at radius 1 is 1.17 bits per heavy atom. The van der Waals surface area contributed by atoms with Crippen molar-refractivity contribution in [2.45, 2.75) is 39.0 Å². The lowest BCUT2D eigenvalue weighted by molar-refractivity contribution is -0.0105. The number of aliphatic hydroxyl groups is 1. The van der Waals surface area contributed by atoms with E-state index in [1.54, 1.807) is 0 Å². The Kier molecular flexibility index (Phi) is 10.6. The van der Waals surface area contributed by atoms with Gasteiger partial charge in [0.05, 0.1) is 32.0 Å². The van der Waals surface area contributed by atoms with Crippen LogP contribution in [0.1, 0.15) is 20.8 Å². The van der Waals surface area contributed by atoms with Gasteiger partial charge in [0.1, 0.15) is 0 Å². The van der Waals surface area contributed by atoms with Gasteiger partial charge in [-0.25, -0.2) is 0 Å². The monoisotopic (exact) mass is 262 g/mol. The molecule has 0 aliphatic rings. The van der Waals surface area contributed by atoms with Crippen LogP contribution in [-0.4, -0.2) is 75.3 Å². The average molecular weight is 262 g/mol. The lowest BCUT2D eigenvalue weighted by Crippen LogP contribution is -2.41. The summed E-state index contributed by atoms with van der Waals surface area (Å²) in [4.78, 5) is 2.11. The third-order valence-electron chi connectivity index (χ3n) is 2.33. The molecule has 0 bridgehead atoms. The third kappa shape index (κ3) is 12.3. The molecular formula is C13H30N2O3. The van der Waals surface area contributed by atoms with Gasteiger partial charge < -0.3 is 24.8 Å². The van der Waals surface area contributed by atoms with Crippen LogP contribution in [0.4, 0.5) is 0 Å². The number of aliphatic hydroxyl groups excluding tert-OH is 1. The summed E-state index contributed by atoms with van der Waals surface area (Å²) >= 11 is 0. The second kappa shape index (κ2) is 10.7. The molecule has 110 valence electrons. The van der Waals surface area contributed by atoms with Gasteiger partial charge in [-0.2, -0.15) is 0 Å². The van der Waals surface area contributed by atoms with Crippen LogP contribution in [0.3, 0.4) is 0 Å². The second-order valence-electron chi connectivity index (χ2n) is 5.22. The van der Waals surface area contributed by atoms with E-state index >= 15 is 0 Å². The van der Waals surface area contributed by atoms with Crippen molar-refractivity contribution < 1.29 is 14.6 Å². The first-order valence-electron chi connectivity index (χ1n) is 6.67. The topological polar surface area (TPSA) is 54.0 Å². The Balaban J connectivity index is 3.39. The van der Waals surface area contributed by atoms with Gasteiger partial charge in [-0.15, -0.1) is 0 Å². The van der Waals surface area contributed by atoms with E-state index in [0.29, 0.717) is 32.4 Å². The molecule has 2 N–H and O–H groups in total. The van der Waals surface area contributed by atoms with Crippen molar-refractivity contribution in [2.24, 2.45) is 0 Å². The SMILES string of the molecule is CC(CN(C)C)NCC(O)COCCOC(C)C. The van der Waals surface area contributed by atoms with E-state index in [1.807, 2.05) is 27.9 Å². The molecule has 0 radical (unpaired) electrons. The van der Waals surface area contributed by atoms with Crippen molar-refractivity contribution in [1.82, 2.24) is 10.2 Å². The highest BCUT2D eigenvalue weighted by Crippen LogP contribution is 1.91. The largest absolute Gasteiger partial charge is 0.389 e. The van der Waals surface area contributed by atoms with E-state index in [2.05, 4.69) is 17.1 Å². The van der Waals surface area contributed by atoms with E-state index < -0.39 is 6.10 Å². The van der Waals surface area contributed by atoms with Crippen LogP contribution in [-0.2, 0) is 9.47 Å². The summed E-state index contributed by atoms with van der Waals surface area (Å²) in [6, 6.07) is 0.360. The fourth-order valence-electron chi connectivity index (χ4n) is 1.57. The maximum atomic E-state index is 9.70. The zero-order valence-electron chi connectivity index (χ0n) is 12.5. The lowest BCUT2D eigenvalue weighted by atomic mass is 10.3. The summed E-state index contributed by atoms with van der Waals surface area (Å²) < 4.78 is 10.7. The van der Waals surface area contributed by atoms with Crippen LogP contribution < -0.4 is 5.32 Å². The first-order chi connectivity index (χ1) is 8.41. The number of hydrogen-bond donors (Lipinski definition) is 2. The van der Waals surface area contributed by atoms with E-state index in [4.69, 9.17) is 9.47 Å². The average Bonchev–Trinajstić information content (AvgIpc) is 2.24.